The monoisotopic (exact) mass is 241 g/mol. The van der Waals surface area contributed by atoms with Gasteiger partial charge in [0, 0.05) is 17.0 Å². The molecule has 92 valence electrons. The smallest absolute Gasteiger partial charge is 0.134 e. The fourth-order valence-electron chi connectivity index (χ4n) is 2.36. The van der Waals surface area contributed by atoms with Gasteiger partial charge in [0.2, 0.25) is 0 Å². The molecule has 18 heavy (non-hydrogen) atoms. The van der Waals surface area contributed by atoms with Gasteiger partial charge in [-0.1, -0.05) is 0 Å². The third kappa shape index (κ3) is 1.37. The molecule has 5 heteroatoms. The van der Waals surface area contributed by atoms with Crippen molar-refractivity contribution in [3.05, 3.63) is 24.3 Å². The predicted octanol–water partition coefficient (Wildman–Crippen LogP) is 2.45. The Balaban J connectivity index is 2.51. The van der Waals surface area contributed by atoms with Gasteiger partial charge in [0.15, 0.2) is 0 Å². The third-order valence-electron chi connectivity index (χ3n) is 3.28. The molecule has 0 fully saturated rings. The van der Waals surface area contributed by atoms with Gasteiger partial charge < -0.3 is 10.3 Å². The van der Waals surface area contributed by atoms with E-state index in [9.17, 15) is 0 Å². The van der Waals surface area contributed by atoms with Gasteiger partial charge in [0.05, 0.1) is 22.9 Å². The Bertz CT molecular complexity index is 742. The Kier molecular flexibility index (Phi) is 2.23. The van der Waals surface area contributed by atoms with Gasteiger partial charge in [0.25, 0.3) is 0 Å². The van der Waals surface area contributed by atoms with Crippen LogP contribution < -0.4 is 5.73 Å². The first-order valence-electron chi connectivity index (χ1n) is 5.96. The summed E-state index contributed by atoms with van der Waals surface area (Å²) >= 11 is 0. The molecule has 0 bridgehead atoms. The fraction of sp³-hybridized carbons (Fsp3) is 0.308. The molecule has 0 saturated heterocycles. The number of fused-ring (bicyclic) bond motifs is 2. The van der Waals surface area contributed by atoms with Crippen LogP contribution in [0.2, 0.25) is 0 Å². The van der Waals surface area contributed by atoms with Crippen LogP contribution in [0.1, 0.15) is 25.5 Å². The summed E-state index contributed by atoms with van der Waals surface area (Å²) in [5.74, 6) is 0.504. The lowest BCUT2D eigenvalue weighted by Crippen LogP contribution is -2.01. The minimum atomic E-state index is 0.366. The largest absolute Gasteiger partial charge is 0.383 e. The molecular formula is C13H15N5. The minimum Gasteiger partial charge on any atom is -0.383 e. The van der Waals surface area contributed by atoms with Crippen LogP contribution in [0.25, 0.3) is 21.9 Å². The van der Waals surface area contributed by atoms with Crippen LogP contribution in [0.15, 0.2) is 18.7 Å². The number of aromatic nitrogens is 4. The first-order valence-corrected chi connectivity index (χ1v) is 5.96. The van der Waals surface area contributed by atoms with Gasteiger partial charge in [-0.05, 0) is 26.8 Å². The standard InChI is InChI=1S/C13H15N5/c1-7(2)18-6-17-10-4-9-11(8(3)12(10)18)15-5-16-13(9)14/h4-7H,1-3H3,(H2,14,15,16). The van der Waals surface area contributed by atoms with Crippen LogP contribution in [-0.2, 0) is 0 Å². The lowest BCUT2D eigenvalue weighted by molar-refractivity contribution is 0.617. The normalized spacial score (nSPS) is 11.8. The summed E-state index contributed by atoms with van der Waals surface area (Å²) in [4.78, 5) is 12.8. The van der Waals surface area contributed by atoms with E-state index in [0.29, 0.717) is 11.9 Å². The van der Waals surface area contributed by atoms with Crippen LogP contribution in [0.3, 0.4) is 0 Å². The summed E-state index contributed by atoms with van der Waals surface area (Å²) < 4.78 is 2.16. The van der Waals surface area contributed by atoms with Gasteiger partial charge in [-0.3, -0.25) is 0 Å². The Morgan fingerprint density at radius 1 is 1.22 bits per heavy atom. The van der Waals surface area contributed by atoms with Gasteiger partial charge in [-0.25, -0.2) is 15.0 Å². The summed E-state index contributed by atoms with van der Waals surface area (Å²) in [5, 5.41) is 0.872. The highest BCUT2D eigenvalue weighted by atomic mass is 15.1. The number of nitrogens with zero attached hydrogens (tertiary/aromatic N) is 4. The second-order valence-corrected chi connectivity index (χ2v) is 4.77. The topological polar surface area (TPSA) is 69.6 Å². The van der Waals surface area contributed by atoms with Crippen molar-refractivity contribution in [2.75, 3.05) is 5.73 Å². The van der Waals surface area contributed by atoms with E-state index >= 15 is 0 Å². The Morgan fingerprint density at radius 3 is 2.72 bits per heavy atom. The second-order valence-electron chi connectivity index (χ2n) is 4.77. The third-order valence-corrected chi connectivity index (χ3v) is 3.28. The highest BCUT2D eigenvalue weighted by Gasteiger charge is 2.13. The molecule has 2 N–H and O–H groups in total. The van der Waals surface area contributed by atoms with E-state index < -0.39 is 0 Å². The van der Waals surface area contributed by atoms with Gasteiger partial charge >= 0.3 is 0 Å². The summed E-state index contributed by atoms with van der Waals surface area (Å²) in [7, 11) is 0. The molecule has 0 unspecified atom stereocenters. The average Bonchev–Trinajstić information content (AvgIpc) is 2.75. The summed E-state index contributed by atoms with van der Waals surface area (Å²) in [6.45, 7) is 6.33. The number of nitrogen functional groups attached to an aromatic ring is 1. The van der Waals surface area contributed by atoms with E-state index in [4.69, 9.17) is 5.73 Å². The molecule has 0 aliphatic rings. The van der Waals surface area contributed by atoms with E-state index in [1.807, 2.05) is 12.4 Å². The Morgan fingerprint density at radius 2 is 2.00 bits per heavy atom. The first kappa shape index (κ1) is 11.0. The Labute approximate surface area is 105 Å². The molecule has 2 aromatic heterocycles. The quantitative estimate of drug-likeness (QED) is 0.710. The zero-order valence-electron chi connectivity index (χ0n) is 10.7. The van der Waals surface area contributed by atoms with Crippen molar-refractivity contribution < 1.29 is 0 Å². The van der Waals surface area contributed by atoms with Crippen LogP contribution in [0.5, 0.6) is 0 Å². The molecule has 0 amide bonds. The molecule has 5 nitrogen and oxygen atoms in total. The predicted molar refractivity (Wildman–Crippen MR) is 72.4 cm³/mol. The van der Waals surface area contributed by atoms with Gasteiger partial charge in [-0.2, -0.15) is 0 Å². The maximum absolute atomic E-state index is 5.90. The van der Waals surface area contributed by atoms with E-state index in [-0.39, 0.29) is 0 Å². The molecule has 2 heterocycles. The number of rotatable bonds is 1. The first-order chi connectivity index (χ1) is 8.59. The number of hydrogen-bond donors (Lipinski definition) is 1. The maximum atomic E-state index is 5.90. The van der Waals surface area contributed by atoms with E-state index in [2.05, 4.69) is 40.3 Å². The molecule has 0 spiro atoms. The van der Waals surface area contributed by atoms with Crippen LogP contribution >= 0.6 is 0 Å². The number of anilines is 1. The molecule has 0 aliphatic carbocycles. The molecule has 3 rings (SSSR count). The minimum absolute atomic E-state index is 0.366. The lowest BCUT2D eigenvalue weighted by Gasteiger charge is -2.11. The van der Waals surface area contributed by atoms with Gasteiger partial charge in [-0.15, -0.1) is 0 Å². The molecule has 0 saturated carbocycles. The average molecular weight is 241 g/mol. The molecule has 0 radical (unpaired) electrons. The van der Waals surface area contributed by atoms with Crippen LogP contribution in [0, 0.1) is 6.92 Å². The van der Waals surface area contributed by atoms with Crippen molar-refractivity contribution in [2.45, 2.75) is 26.8 Å². The zero-order valence-corrected chi connectivity index (χ0v) is 10.7. The second kappa shape index (κ2) is 3.66. The van der Waals surface area contributed by atoms with Crippen molar-refractivity contribution in [3.63, 3.8) is 0 Å². The van der Waals surface area contributed by atoms with Crippen LogP contribution in [0.4, 0.5) is 5.82 Å². The van der Waals surface area contributed by atoms with Crippen molar-refractivity contribution in [2.24, 2.45) is 0 Å². The maximum Gasteiger partial charge on any atom is 0.134 e. The van der Waals surface area contributed by atoms with E-state index in [1.165, 1.54) is 6.33 Å². The lowest BCUT2D eigenvalue weighted by atomic mass is 10.1. The van der Waals surface area contributed by atoms with E-state index in [1.54, 1.807) is 0 Å². The molecule has 1 aromatic carbocycles. The highest BCUT2D eigenvalue weighted by molar-refractivity contribution is 6.01. The summed E-state index contributed by atoms with van der Waals surface area (Å²) in [5.41, 5.74) is 9.96. The number of aryl methyl sites for hydroxylation is 1. The van der Waals surface area contributed by atoms with Crippen molar-refractivity contribution >= 4 is 27.8 Å². The number of hydrogen-bond acceptors (Lipinski definition) is 4. The highest BCUT2D eigenvalue weighted by Crippen LogP contribution is 2.29. The van der Waals surface area contributed by atoms with Gasteiger partial charge in [0.1, 0.15) is 12.1 Å². The van der Waals surface area contributed by atoms with Crippen molar-refractivity contribution in [1.82, 2.24) is 19.5 Å². The number of imidazole rings is 1. The van der Waals surface area contributed by atoms with Crippen LogP contribution in [-0.4, -0.2) is 19.5 Å². The molecule has 3 aromatic rings. The molecular weight excluding hydrogens is 226 g/mol. The SMILES string of the molecule is Cc1c2ncnc(N)c2cc2ncn(C(C)C)c12. The molecule has 0 atom stereocenters. The summed E-state index contributed by atoms with van der Waals surface area (Å²) in [6.07, 6.45) is 3.37. The van der Waals surface area contributed by atoms with E-state index in [0.717, 1.165) is 27.5 Å². The number of nitrogens with two attached hydrogens (primary N) is 1. The zero-order chi connectivity index (χ0) is 12.9. The van der Waals surface area contributed by atoms with Crippen molar-refractivity contribution in [1.29, 1.82) is 0 Å². The number of benzene rings is 1. The van der Waals surface area contributed by atoms with Crippen molar-refractivity contribution in [3.8, 4) is 0 Å². The Hall–Kier alpha value is -2.17. The molecule has 0 aliphatic heterocycles. The summed E-state index contributed by atoms with van der Waals surface area (Å²) in [6, 6.07) is 2.33. The fourth-order valence-corrected chi connectivity index (χ4v) is 2.36.